The van der Waals surface area contributed by atoms with Crippen LogP contribution < -0.4 is 5.32 Å². The van der Waals surface area contributed by atoms with Gasteiger partial charge in [-0.2, -0.15) is 26.3 Å². The third kappa shape index (κ3) is 4.56. The second-order valence-electron chi connectivity index (χ2n) is 8.45. The van der Waals surface area contributed by atoms with Gasteiger partial charge in [-0.25, -0.2) is 0 Å². The van der Waals surface area contributed by atoms with Crippen LogP contribution in [0.4, 0.5) is 26.3 Å². The molecule has 10 heteroatoms. The number of hydrogen-bond acceptors (Lipinski definition) is 2. The molecule has 0 spiro atoms. The summed E-state index contributed by atoms with van der Waals surface area (Å²) in [7, 11) is 1.28. The van der Waals surface area contributed by atoms with Crippen molar-refractivity contribution in [1.29, 1.82) is 0 Å². The Bertz CT molecular complexity index is 1060. The molecular formula is C23H20F6N2O2. The van der Waals surface area contributed by atoms with Gasteiger partial charge in [0, 0.05) is 19.2 Å². The Labute approximate surface area is 185 Å². The van der Waals surface area contributed by atoms with E-state index in [2.05, 4.69) is 5.32 Å². The molecule has 0 radical (unpaired) electrons. The van der Waals surface area contributed by atoms with Gasteiger partial charge < -0.3 is 10.2 Å². The number of benzene rings is 2. The van der Waals surface area contributed by atoms with Crippen LogP contribution in [0.5, 0.6) is 0 Å². The van der Waals surface area contributed by atoms with Crippen molar-refractivity contribution in [2.45, 2.75) is 37.2 Å². The normalized spacial score (nSPS) is 21.1. The first-order valence-corrected chi connectivity index (χ1v) is 10.3. The standard InChI is InChI=1S/C23H20F6N2O2/c1-31-19(13-8-14(22(24,25)26)10-15(9-13)23(27,28)29)18(20(32)30-11-12-6-7-12)16-4-2-3-5-17(16)21(31)33/h2-5,8-10,12,18-19H,6-7,11H2,1H3,(H,30,32). The Kier molecular flexibility index (Phi) is 5.66. The predicted molar refractivity (Wildman–Crippen MR) is 106 cm³/mol. The van der Waals surface area contributed by atoms with Gasteiger partial charge in [0.15, 0.2) is 0 Å². The van der Waals surface area contributed by atoms with Crippen LogP contribution in [0.1, 0.15) is 57.4 Å². The monoisotopic (exact) mass is 470 g/mol. The molecule has 1 N–H and O–H groups in total. The maximum absolute atomic E-state index is 13.5. The average Bonchev–Trinajstić information content (AvgIpc) is 3.57. The van der Waals surface area contributed by atoms with Gasteiger partial charge in [-0.1, -0.05) is 18.2 Å². The number of nitrogens with one attached hydrogen (secondary N) is 1. The Morgan fingerprint density at radius 3 is 2.12 bits per heavy atom. The molecule has 4 nitrogen and oxygen atoms in total. The number of rotatable bonds is 4. The lowest BCUT2D eigenvalue weighted by Gasteiger charge is -2.40. The van der Waals surface area contributed by atoms with Gasteiger partial charge in [-0.15, -0.1) is 0 Å². The van der Waals surface area contributed by atoms with Crippen molar-refractivity contribution in [2.75, 3.05) is 13.6 Å². The van der Waals surface area contributed by atoms with Gasteiger partial charge in [0.25, 0.3) is 5.91 Å². The zero-order valence-corrected chi connectivity index (χ0v) is 17.4. The molecule has 2 aliphatic rings. The smallest absolute Gasteiger partial charge is 0.355 e. The molecule has 0 aromatic heterocycles. The van der Waals surface area contributed by atoms with E-state index in [1.165, 1.54) is 19.2 Å². The summed E-state index contributed by atoms with van der Waals surface area (Å²) in [5, 5.41) is 2.76. The molecule has 0 bridgehead atoms. The molecule has 2 amide bonds. The molecule has 176 valence electrons. The highest BCUT2D eigenvalue weighted by Gasteiger charge is 2.45. The van der Waals surface area contributed by atoms with Crippen LogP contribution in [-0.2, 0) is 17.1 Å². The SMILES string of the molecule is CN1C(=O)c2ccccc2C(C(=O)NCC2CC2)C1c1cc(C(F)(F)F)cc(C(F)(F)F)c1. The Hall–Kier alpha value is -3.04. The highest BCUT2D eigenvalue weighted by atomic mass is 19.4. The quantitative estimate of drug-likeness (QED) is 0.628. The summed E-state index contributed by atoms with van der Waals surface area (Å²) in [6.07, 6.45) is -8.22. The maximum atomic E-state index is 13.5. The lowest BCUT2D eigenvalue weighted by Crippen LogP contribution is -2.46. The number of nitrogens with zero attached hydrogens (tertiary/aromatic N) is 1. The molecule has 4 rings (SSSR count). The van der Waals surface area contributed by atoms with Gasteiger partial charge in [0.2, 0.25) is 5.91 Å². The van der Waals surface area contributed by atoms with Crippen molar-refractivity contribution in [2.24, 2.45) is 5.92 Å². The van der Waals surface area contributed by atoms with Crippen LogP contribution in [0.15, 0.2) is 42.5 Å². The fraction of sp³-hybridized carbons (Fsp3) is 0.391. The average molecular weight is 470 g/mol. The van der Waals surface area contributed by atoms with E-state index < -0.39 is 52.8 Å². The van der Waals surface area contributed by atoms with E-state index in [0.29, 0.717) is 24.6 Å². The minimum atomic E-state index is -5.05. The number of carbonyl (C=O) groups is 2. The largest absolute Gasteiger partial charge is 0.416 e. The van der Waals surface area contributed by atoms with Gasteiger partial charge in [-0.3, -0.25) is 9.59 Å². The molecule has 2 aromatic carbocycles. The highest BCUT2D eigenvalue weighted by molar-refractivity contribution is 6.01. The van der Waals surface area contributed by atoms with Gasteiger partial charge in [-0.05, 0) is 54.2 Å². The van der Waals surface area contributed by atoms with E-state index >= 15 is 0 Å². The van der Waals surface area contributed by atoms with Crippen LogP contribution in [0, 0.1) is 5.92 Å². The van der Waals surface area contributed by atoms with Crippen LogP contribution in [0.2, 0.25) is 0 Å². The molecule has 2 unspecified atom stereocenters. The van der Waals surface area contributed by atoms with Gasteiger partial charge in [0.1, 0.15) is 0 Å². The predicted octanol–water partition coefficient (Wildman–Crippen LogP) is 5.16. The number of likely N-dealkylation sites (N-methyl/N-ethyl adjacent to an activating group) is 1. The number of halogens is 6. The molecule has 2 atom stereocenters. The highest BCUT2D eigenvalue weighted by Crippen LogP contribution is 2.45. The van der Waals surface area contributed by atoms with Crippen molar-refractivity contribution >= 4 is 11.8 Å². The van der Waals surface area contributed by atoms with Crippen molar-refractivity contribution in [3.05, 3.63) is 70.3 Å². The number of carbonyl (C=O) groups excluding carboxylic acids is 2. The molecular weight excluding hydrogens is 450 g/mol. The van der Waals surface area contributed by atoms with E-state index in [4.69, 9.17) is 0 Å². The molecule has 1 aliphatic carbocycles. The minimum absolute atomic E-state index is 0.0320. The summed E-state index contributed by atoms with van der Waals surface area (Å²) in [4.78, 5) is 27.2. The van der Waals surface area contributed by atoms with Crippen LogP contribution >= 0.6 is 0 Å². The lowest BCUT2D eigenvalue weighted by molar-refractivity contribution is -0.143. The first-order valence-electron chi connectivity index (χ1n) is 10.3. The summed E-state index contributed by atoms with van der Waals surface area (Å²) in [6.45, 7) is 0.359. The summed E-state index contributed by atoms with van der Waals surface area (Å²) in [5.41, 5.74) is -2.95. The Balaban J connectivity index is 1.87. The Morgan fingerprint density at radius 2 is 1.58 bits per heavy atom. The topological polar surface area (TPSA) is 49.4 Å². The van der Waals surface area contributed by atoms with Crippen molar-refractivity contribution < 1.29 is 35.9 Å². The van der Waals surface area contributed by atoms with Crippen molar-refractivity contribution in [1.82, 2.24) is 10.2 Å². The third-order valence-corrected chi connectivity index (χ3v) is 6.08. The first kappa shape index (κ1) is 23.1. The van der Waals surface area contributed by atoms with E-state index in [1.807, 2.05) is 0 Å². The van der Waals surface area contributed by atoms with Gasteiger partial charge in [0.05, 0.1) is 23.1 Å². The van der Waals surface area contributed by atoms with Crippen molar-refractivity contribution in [3.63, 3.8) is 0 Å². The number of alkyl halides is 6. The second kappa shape index (κ2) is 8.07. The minimum Gasteiger partial charge on any atom is -0.355 e. The Morgan fingerprint density at radius 1 is 1.00 bits per heavy atom. The molecule has 1 saturated carbocycles. The summed E-state index contributed by atoms with van der Waals surface area (Å²) in [5.74, 6) is -2.01. The van der Waals surface area contributed by atoms with Crippen LogP contribution in [0.25, 0.3) is 0 Å². The van der Waals surface area contributed by atoms with Crippen LogP contribution in [-0.4, -0.2) is 30.3 Å². The maximum Gasteiger partial charge on any atom is 0.416 e. The summed E-state index contributed by atoms with van der Waals surface area (Å²) < 4.78 is 80.8. The van der Waals surface area contributed by atoms with E-state index in [-0.39, 0.29) is 17.2 Å². The zero-order valence-electron chi connectivity index (χ0n) is 17.4. The van der Waals surface area contributed by atoms with E-state index in [9.17, 15) is 35.9 Å². The van der Waals surface area contributed by atoms with Crippen molar-refractivity contribution in [3.8, 4) is 0 Å². The lowest BCUT2D eigenvalue weighted by atomic mass is 9.78. The van der Waals surface area contributed by atoms with Crippen LogP contribution in [0.3, 0.4) is 0 Å². The molecule has 2 aromatic rings. The van der Waals surface area contributed by atoms with E-state index in [0.717, 1.165) is 17.7 Å². The van der Waals surface area contributed by atoms with Gasteiger partial charge >= 0.3 is 12.4 Å². The summed E-state index contributed by atoms with van der Waals surface area (Å²) >= 11 is 0. The summed E-state index contributed by atoms with van der Waals surface area (Å²) in [6, 6.07) is 5.99. The third-order valence-electron chi connectivity index (χ3n) is 6.08. The molecule has 1 aliphatic heterocycles. The number of fused-ring (bicyclic) bond motifs is 1. The number of amides is 2. The first-order chi connectivity index (χ1) is 15.4. The zero-order chi connectivity index (χ0) is 24.1. The molecule has 33 heavy (non-hydrogen) atoms. The second-order valence-corrected chi connectivity index (χ2v) is 8.45. The molecule has 1 heterocycles. The molecule has 0 saturated heterocycles. The molecule has 1 fully saturated rings. The fourth-order valence-electron chi connectivity index (χ4n) is 4.20. The number of hydrogen-bond donors (Lipinski definition) is 1. The fourth-order valence-corrected chi connectivity index (χ4v) is 4.20. The van der Waals surface area contributed by atoms with E-state index in [1.54, 1.807) is 12.1 Å².